The first kappa shape index (κ1) is 20.1. The van der Waals surface area contributed by atoms with Crippen LogP contribution in [0.25, 0.3) is 0 Å². The van der Waals surface area contributed by atoms with Gasteiger partial charge in [0.15, 0.2) is 0 Å². The van der Waals surface area contributed by atoms with Crippen molar-refractivity contribution in [3.8, 4) is 0 Å². The molecule has 1 fully saturated rings. The molecule has 1 saturated heterocycles. The number of hydrogen-bond acceptors (Lipinski definition) is 6. The SMILES string of the molecule is CC[SiH]1O[SiH](C)O[SiH](CC)O[SiH](C)O[SiH](CC)O[SiH](C)O1. The van der Waals surface area contributed by atoms with Gasteiger partial charge < -0.3 is 24.7 Å². The molecule has 0 unspecified atom stereocenters. The Labute approximate surface area is 139 Å². The first-order chi connectivity index (χ1) is 9.98. The summed E-state index contributed by atoms with van der Waals surface area (Å²) in [6.45, 7) is 12.6. The van der Waals surface area contributed by atoms with E-state index in [4.69, 9.17) is 24.7 Å². The van der Waals surface area contributed by atoms with Gasteiger partial charge in [-0.1, -0.05) is 20.8 Å². The summed E-state index contributed by atoms with van der Waals surface area (Å²) in [6.07, 6.45) is 0. The van der Waals surface area contributed by atoms with Gasteiger partial charge in [0.25, 0.3) is 27.9 Å². The number of rotatable bonds is 3. The van der Waals surface area contributed by atoms with Crippen molar-refractivity contribution in [1.29, 1.82) is 0 Å². The maximum absolute atomic E-state index is 6.11. The second kappa shape index (κ2) is 10.8. The van der Waals surface area contributed by atoms with Crippen LogP contribution < -0.4 is 0 Å². The predicted octanol–water partition coefficient (Wildman–Crippen LogP) is 0.372. The molecule has 1 rings (SSSR count). The summed E-state index contributed by atoms with van der Waals surface area (Å²) in [6, 6.07) is 2.85. The minimum absolute atomic E-state index is 0.949. The van der Waals surface area contributed by atoms with Gasteiger partial charge in [-0.25, -0.2) is 0 Å². The highest BCUT2D eigenvalue weighted by molar-refractivity contribution is 6.73. The van der Waals surface area contributed by atoms with E-state index < -0.39 is 55.7 Å². The summed E-state index contributed by atoms with van der Waals surface area (Å²) in [5.74, 6) is 0. The Morgan fingerprint density at radius 2 is 0.667 bits per heavy atom. The lowest BCUT2D eigenvalue weighted by Gasteiger charge is -2.31. The highest BCUT2D eigenvalue weighted by Gasteiger charge is 2.29. The summed E-state index contributed by atoms with van der Waals surface area (Å²) >= 11 is 0. The van der Waals surface area contributed by atoms with Gasteiger partial charge in [-0.2, -0.15) is 0 Å². The molecule has 0 atom stereocenters. The van der Waals surface area contributed by atoms with Crippen molar-refractivity contribution in [2.45, 2.75) is 58.5 Å². The van der Waals surface area contributed by atoms with Crippen molar-refractivity contribution < 1.29 is 24.7 Å². The topological polar surface area (TPSA) is 55.4 Å². The average molecular weight is 403 g/mol. The Balaban J connectivity index is 2.75. The van der Waals surface area contributed by atoms with Crippen molar-refractivity contribution in [1.82, 2.24) is 0 Å². The van der Waals surface area contributed by atoms with Crippen LogP contribution in [0.5, 0.6) is 0 Å². The van der Waals surface area contributed by atoms with Crippen LogP contribution in [0, 0.1) is 0 Å². The van der Waals surface area contributed by atoms with Crippen LogP contribution in [0.4, 0.5) is 0 Å². The maximum atomic E-state index is 6.11. The fraction of sp³-hybridized carbons (Fsp3) is 1.00. The summed E-state index contributed by atoms with van der Waals surface area (Å²) in [7, 11) is -9.95. The molecule has 0 radical (unpaired) electrons. The van der Waals surface area contributed by atoms with Crippen molar-refractivity contribution in [3.63, 3.8) is 0 Å². The molecule has 1 aliphatic rings. The molecule has 0 aromatic heterocycles. The largest absolute Gasteiger partial charge is 0.420 e. The lowest BCUT2D eigenvalue weighted by atomic mass is 11.0. The van der Waals surface area contributed by atoms with Crippen molar-refractivity contribution in [2.24, 2.45) is 0 Å². The van der Waals surface area contributed by atoms with Gasteiger partial charge in [0.2, 0.25) is 0 Å². The highest BCUT2D eigenvalue weighted by atomic mass is 28.5. The molecular formula is C9H30O6Si6. The summed E-state index contributed by atoms with van der Waals surface area (Å²) in [5, 5.41) is 0. The van der Waals surface area contributed by atoms with E-state index in [0.29, 0.717) is 0 Å². The molecule has 0 N–H and O–H groups in total. The molecule has 1 heterocycles. The first-order valence-corrected chi connectivity index (χ1v) is 19.5. The molecule has 126 valence electrons. The van der Waals surface area contributed by atoms with E-state index in [0.717, 1.165) is 18.1 Å². The van der Waals surface area contributed by atoms with E-state index in [1.54, 1.807) is 0 Å². The van der Waals surface area contributed by atoms with Gasteiger partial charge >= 0.3 is 27.9 Å². The van der Waals surface area contributed by atoms with E-state index in [2.05, 4.69) is 40.4 Å². The fourth-order valence-corrected chi connectivity index (χ4v) is 21.9. The van der Waals surface area contributed by atoms with Crippen LogP contribution in [0.1, 0.15) is 20.8 Å². The van der Waals surface area contributed by atoms with E-state index in [-0.39, 0.29) is 0 Å². The van der Waals surface area contributed by atoms with Crippen LogP contribution in [-0.2, 0) is 24.7 Å². The van der Waals surface area contributed by atoms with Crippen LogP contribution in [0.15, 0.2) is 0 Å². The minimum atomic E-state index is -1.66. The second-order valence-electron chi connectivity index (χ2n) is 5.03. The predicted molar refractivity (Wildman–Crippen MR) is 98.4 cm³/mol. The van der Waals surface area contributed by atoms with Gasteiger partial charge in [-0.15, -0.1) is 0 Å². The maximum Gasteiger partial charge on any atom is 0.303 e. The molecule has 12 heteroatoms. The Hall–Kier alpha value is 1.06. The molecule has 6 nitrogen and oxygen atoms in total. The Morgan fingerprint density at radius 1 is 0.476 bits per heavy atom. The van der Waals surface area contributed by atoms with Gasteiger partial charge in [-0.3, -0.25) is 0 Å². The molecule has 0 aromatic rings. The Bertz CT molecular complexity index is 229. The molecule has 0 bridgehead atoms. The third kappa shape index (κ3) is 7.93. The third-order valence-corrected chi connectivity index (χ3v) is 21.5. The zero-order chi connectivity index (χ0) is 15.8. The molecule has 0 saturated carbocycles. The van der Waals surface area contributed by atoms with Crippen LogP contribution in [0.3, 0.4) is 0 Å². The molecular weight excluding hydrogens is 373 g/mol. The van der Waals surface area contributed by atoms with Crippen LogP contribution in [-0.4, -0.2) is 55.7 Å². The molecule has 21 heavy (non-hydrogen) atoms. The smallest absolute Gasteiger partial charge is 0.303 e. The Kier molecular flexibility index (Phi) is 10.3. The van der Waals surface area contributed by atoms with Gasteiger partial charge in [-0.05, 0) is 37.8 Å². The summed E-state index contributed by atoms with van der Waals surface area (Å²) in [5.41, 5.74) is 0. The normalized spacial score (nSPS) is 40.3. The summed E-state index contributed by atoms with van der Waals surface area (Å²) in [4.78, 5) is 0. The van der Waals surface area contributed by atoms with Crippen molar-refractivity contribution in [2.75, 3.05) is 0 Å². The molecule has 0 aromatic carbocycles. The lowest BCUT2D eigenvalue weighted by molar-refractivity contribution is 0.289. The van der Waals surface area contributed by atoms with Crippen LogP contribution in [0.2, 0.25) is 37.8 Å². The van der Waals surface area contributed by atoms with Gasteiger partial charge in [0.1, 0.15) is 0 Å². The average Bonchev–Trinajstić information content (AvgIpc) is 2.43. The standard InChI is InChI=1S/C9H30O6Si6/c1-7-19-10-16(4)12-20(8-2)14-18(6)15-21(9-3)13-17(5)11-19/h16-21H,7-9H2,1-6H3. The monoisotopic (exact) mass is 402 g/mol. The highest BCUT2D eigenvalue weighted by Crippen LogP contribution is 2.12. The molecule has 0 aliphatic carbocycles. The summed E-state index contributed by atoms with van der Waals surface area (Å²) < 4.78 is 36.7. The van der Waals surface area contributed by atoms with Gasteiger partial charge in [0.05, 0.1) is 0 Å². The quantitative estimate of drug-likeness (QED) is 0.636. The van der Waals surface area contributed by atoms with Crippen LogP contribution >= 0.6 is 0 Å². The Morgan fingerprint density at radius 3 is 0.810 bits per heavy atom. The molecule has 0 amide bonds. The third-order valence-electron chi connectivity index (χ3n) is 3.06. The van der Waals surface area contributed by atoms with E-state index in [1.807, 2.05) is 0 Å². The zero-order valence-electron chi connectivity index (χ0n) is 14.0. The van der Waals surface area contributed by atoms with E-state index >= 15 is 0 Å². The first-order valence-electron chi connectivity index (χ1n) is 7.91. The van der Waals surface area contributed by atoms with E-state index in [9.17, 15) is 0 Å². The van der Waals surface area contributed by atoms with Crippen molar-refractivity contribution >= 4 is 55.7 Å². The lowest BCUT2D eigenvalue weighted by Crippen LogP contribution is -2.46. The van der Waals surface area contributed by atoms with E-state index in [1.165, 1.54) is 0 Å². The zero-order valence-corrected chi connectivity index (χ0v) is 21.0. The molecule has 1 aliphatic heterocycles. The van der Waals surface area contributed by atoms with Gasteiger partial charge in [0, 0.05) is 0 Å². The van der Waals surface area contributed by atoms with Crippen molar-refractivity contribution in [3.05, 3.63) is 0 Å². The minimum Gasteiger partial charge on any atom is -0.420 e. The fourth-order valence-electron chi connectivity index (χ4n) is 2.05. The number of hydrogen-bond donors (Lipinski definition) is 0. The molecule has 0 spiro atoms. The second-order valence-corrected chi connectivity index (χ2v) is 20.0.